The van der Waals surface area contributed by atoms with Crippen LogP contribution < -0.4 is 0 Å². The largest absolute Gasteiger partial charge is 0.456 e. The zero-order valence-corrected chi connectivity index (χ0v) is 23.0. The van der Waals surface area contributed by atoms with E-state index in [1.807, 2.05) is 48.9 Å². The first kappa shape index (κ1) is 23.8. The van der Waals surface area contributed by atoms with Gasteiger partial charge in [-0.25, -0.2) is 4.98 Å². The molecule has 43 heavy (non-hydrogen) atoms. The van der Waals surface area contributed by atoms with E-state index in [-0.39, 0.29) is 0 Å². The molecule has 0 spiro atoms. The Morgan fingerprint density at radius 1 is 0.465 bits per heavy atom. The molecular weight excluding hydrogens is 526 g/mol. The van der Waals surface area contributed by atoms with Crippen molar-refractivity contribution >= 4 is 54.3 Å². The number of hydrogen-bond acceptors (Lipinski definition) is 4. The molecule has 0 radical (unpaired) electrons. The van der Waals surface area contributed by atoms with Gasteiger partial charge in [0.25, 0.3) is 0 Å². The van der Waals surface area contributed by atoms with Crippen molar-refractivity contribution in [2.45, 2.75) is 0 Å². The van der Waals surface area contributed by atoms with Crippen LogP contribution in [-0.4, -0.2) is 15.0 Å². The molecule has 9 aromatic rings. The van der Waals surface area contributed by atoms with Crippen LogP contribution in [0.4, 0.5) is 0 Å². The summed E-state index contributed by atoms with van der Waals surface area (Å²) in [6, 6.07) is 42.2. The molecule has 5 aromatic carbocycles. The van der Waals surface area contributed by atoms with Crippen molar-refractivity contribution in [1.82, 2.24) is 15.0 Å². The molecule has 0 aliphatic heterocycles. The summed E-state index contributed by atoms with van der Waals surface area (Å²) in [5, 5.41) is 9.12. The van der Waals surface area contributed by atoms with Crippen LogP contribution in [0.25, 0.3) is 88.0 Å². The Morgan fingerprint density at radius 3 is 1.93 bits per heavy atom. The van der Waals surface area contributed by atoms with E-state index in [2.05, 4.69) is 101 Å². The molecule has 0 aliphatic rings. The van der Waals surface area contributed by atoms with Crippen LogP contribution in [0, 0.1) is 0 Å². The van der Waals surface area contributed by atoms with Crippen molar-refractivity contribution < 1.29 is 4.42 Å². The summed E-state index contributed by atoms with van der Waals surface area (Å²) in [7, 11) is 0. The van der Waals surface area contributed by atoms with Crippen LogP contribution in [0.3, 0.4) is 0 Å². The van der Waals surface area contributed by atoms with E-state index < -0.39 is 0 Å². The lowest BCUT2D eigenvalue weighted by Crippen LogP contribution is -1.94. The van der Waals surface area contributed by atoms with Crippen molar-refractivity contribution in [1.29, 1.82) is 0 Å². The fraction of sp³-hybridized carbons (Fsp3) is 0. The van der Waals surface area contributed by atoms with Crippen LogP contribution in [0.5, 0.6) is 0 Å². The van der Waals surface area contributed by atoms with E-state index in [9.17, 15) is 0 Å². The Morgan fingerprint density at radius 2 is 1.16 bits per heavy atom. The third-order valence-electron chi connectivity index (χ3n) is 8.41. The van der Waals surface area contributed by atoms with Gasteiger partial charge >= 0.3 is 0 Å². The van der Waals surface area contributed by atoms with Gasteiger partial charge in [0, 0.05) is 40.3 Å². The second kappa shape index (κ2) is 9.33. The van der Waals surface area contributed by atoms with E-state index >= 15 is 0 Å². The third kappa shape index (κ3) is 3.67. The number of aromatic nitrogens is 3. The molecule has 0 bridgehead atoms. The van der Waals surface area contributed by atoms with E-state index in [1.165, 1.54) is 16.3 Å². The first-order valence-corrected chi connectivity index (χ1v) is 14.4. The second-order valence-corrected chi connectivity index (χ2v) is 10.8. The molecule has 0 N–H and O–H groups in total. The second-order valence-electron chi connectivity index (χ2n) is 10.8. The molecule has 0 amide bonds. The van der Waals surface area contributed by atoms with Gasteiger partial charge in [0.15, 0.2) is 0 Å². The predicted octanol–water partition coefficient (Wildman–Crippen LogP) is 10.2. The van der Waals surface area contributed by atoms with Crippen molar-refractivity contribution in [2.24, 2.45) is 0 Å². The van der Waals surface area contributed by atoms with Crippen LogP contribution in [0.1, 0.15) is 0 Å². The highest BCUT2D eigenvalue weighted by atomic mass is 16.3. The molecule has 4 heteroatoms. The average Bonchev–Trinajstić information content (AvgIpc) is 3.46. The van der Waals surface area contributed by atoms with E-state index in [0.717, 1.165) is 71.7 Å². The molecule has 0 aliphatic carbocycles. The van der Waals surface area contributed by atoms with E-state index in [1.54, 1.807) is 0 Å². The highest BCUT2D eigenvalue weighted by molar-refractivity contribution is 6.23. The van der Waals surface area contributed by atoms with Gasteiger partial charge in [0.2, 0.25) is 0 Å². The van der Waals surface area contributed by atoms with Gasteiger partial charge in [-0.1, -0.05) is 72.8 Å². The Balaban J connectivity index is 1.35. The summed E-state index contributed by atoms with van der Waals surface area (Å²) in [5.41, 5.74) is 7.85. The van der Waals surface area contributed by atoms with Crippen molar-refractivity contribution in [3.8, 4) is 33.8 Å². The highest BCUT2D eigenvalue weighted by Crippen LogP contribution is 2.45. The topological polar surface area (TPSA) is 51.8 Å². The van der Waals surface area contributed by atoms with Gasteiger partial charge < -0.3 is 4.42 Å². The fourth-order valence-electron chi connectivity index (χ4n) is 6.54. The molecule has 0 unspecified atom stereocenters. The lowest BCUT2D eigenvalue weighted by molar-refractivity contribution is 0.669. The minimum Gasteiger partial charge on any atom is -0.456 e. The number of furan rings is 1. The first-order chi connectivity index (χ1) is 21.3. The van der Waals surface area contributed by atoms with Gasteiger partial charge in [-0.3, -0.25) is 9.97 Å². The Hall–Kier alpha value is -5.87. The maximum Gasteiger partial charge on any atom is 0.136 e. The third-order valence-corrected chi connectivity index (χ3v) is 8.41. The quantitative estimate of drug-likeness (QED) is 0.206. The van der Waals surface area contributed by atoms with Gasteiger partial charge in [0.05, 0.1) is 17.1 Å². The average molecular weight is 550 g/mol. The van der Waals surface area contributed by atoms with Crippen LogP contribution in [-0.2, 0) is 0 Å². The molecule has 0 atom stereocenters. The summed E-state index contributed by atoms with van der Waals surface area (Å²) >= 11 is 0. The van der Waals surface area contributed by atoms with E-state index in [0.29, 0.717) is 0 Å². The summed E-state index contributed by atoms with van der Waals surface area (Å²) < 4.78 is 6.31. The smallest absolute Gasteiger partial charge is 0.136 e. The molecule has 0 saturated heterocycles. The van der Waals surface area contributed by atoms with Crippen LogP contribution in [0.15, 0.2) is 144 Å². The summed E-state index contributed by atoms with van der Waals surface area (Å²) in [4.78, 5) is 14.1. The first-order valence-electron chi connectivity index (χ1n) is 14.4. The fourth-order valence-corrected chi connectivity index (χ4v) is 6.54. The molecule has 4 aromatic heterocycles. The summed E-state index contributed by atoms with van der Waals surface area (Å²) in [6.07, 6.45) is 5.58. The van der Waals surface area contributed by atoms with Crippen molar-refractivity contribution in [3.63, 3.8) is 0 Å². The van der Waals surface area contributed by atoms with Crippen LogP contribution in [0.2, 0.25) is 0 Å². The predicted molar refractivity (Wildman–Crippen MR) is 176 cm³/mol. The Kier molecular flexibility index (Phi) is 5.16. The number of pyridine rings is 3. The van der Waals surface area contributed by atoms with E-state index in [4.69, 9.17) is 9.40 Å². The minimum absolute atomic E-state index is 0.856. The normalized spacial score (nSPS) is 11.7. The number of benzene rings is 5. The molecular formula is C39H23N3O. The monoisotopic (exact) mass is 549 g/mol. The Labute approximate surface area is 246 Å². The molecule has 0 fully saturated rings. The summed E-state index contributed by atoms with van der Waals surface area (Å²) in [5.74, 6) is 0. The minimum atomic E-state index is 0.856. The van der Waals surface area contributed by atoms with Gasteiger partial charge in [-0.15, -0.1) is 0 Å². The number of nitrogens with zero attached hydrogens (tertiary/aromatic N) is 3. The van der Waals surface area contributed by atoms with Crippen LogP contribution >= 0.6 is 0 Å². The molecule has 200 valence electrons. The van der Waals surface area contributed by atoms with Crippen molar-refractivity contribution in [2.75, 3.05) is 0 Å². The molecule has 4 heterocycles. The van der Waals surface area contributed by atoms with Gasteiger partial charge in [-0.05, 0) is 86.6 Å². The number of rotatable bonds is 3. The lowest BCUT2D eigenvalue weighted by Gasteiger charge is -2.17. The number of hydrogen-bond donors (Lipinski definition) is 0. The zero-order valence-electron chi connectivity index (χ0n) is 23.0. The standard InChI is InChI=1S/C39H23N3O/c1-3-10-28-26(8-1)37(25-16-17-35-30(22-25)39-31-23-40-21-19-24(31)15-18-36(39)43-35)27-9-2-4-11-29(27)38(28)34-14-7-13-33(42-34)32-12-5-6-20-41-32/h1-23H. The summed E-state index contributed by atoms with van der Waals surface area (Å²) in [6.45, 7) is 0. The lowest BCUT2D eigenvalue weighted by atomic mass is 9.87. The SMILES string of the molecule is c1ccc(-c2cccc(-c3c4ccccc4c(-c4ccc5oc6ccc7ccncc7c6c5c4)c4ccccc34)n2)nc1. The molecule has 0 saturated carbocycles. The van der Waals surface area contributed by atoms with Gasteiger partial charge in [0.1, 0.15) is 11.2 Å². The highest BCUT2D eigenvalue weighted by Gasteiger charge is 2.19. The molecule has 9 rings (SSSR count). The maximum absolute atomic E-state index is 6.31. The number of fused-ring (bicyclic) bond motifs is 7. The maximum atomic E-state index is 6.31. The molecule has 4 nitrogen and oxygen atoms in total. The van der Waals surface area contributed by atoms with Gasteiger partial charge in [-0.2, -0.15) is 0 Å². The Bertz CT molecular complexity index is 2460. The zero-order chi connectivity index (χ0) is 28.3. The van der Waals surface area contributed by atoms with Crippen molar-refractivity contribution in [3.05, 3.63) is 140 Å².